The summed E-state index contributed by atoms with van der Waals surface area (Å²) < 4.78 is 1.65. The first-order chi connectivity index (χ1) is 5.79. The quantitative estimate of drug-likeness (QED) is 0.711. The smallest absolute Gasteiger partial charge is 0.161 e. The van der Waals surface area contributed by atoms with Gasteiger partial charge in [-0.05, 0) is 12.1 Å². The largest absolute Gasteiger partial charge is 0.219 e. The van der Waals surface area contributed by atoms with E-state index in [-0.39, 0.29) is 0 Å². The van der Waals surface area contributed by atoms with Crippen LogP contribution in [0.15, 0.2) is 18.3 Å². The number of aromatic nitrogens is 3. The van der Waals surface area contributed by atoms with Crippen molar-refractivity contribution in [1.29, 1.82) is 0 Å². The molecule has 2 heterocycles. The maximum absolute atomic E-state index is 5.76. The Morgan fingerprint density at radius 3 is 3.08 bits per heavy atom. The van der Waals surface area contributed by atoms with E-state index in [0.29, 0.717) is 16.6 Å². The summed E-state index contributed by atoms with van der Waals surface area (Å²) in [6, 6.07) is 3.61. The molecule has 3 nitrogen and oxygen atoms in total. The highest BCUT2D eigenvalue weighted by Gasteiger charge is 2.00. The Morgan fingerprint density at radius 2 is 2.33 bits per heavy atom. The number of pyridine rings is 1. The standard InChI is InChI=1S/C7H6ClN3S/c8-5-1-2-7-9-6(4-12)10-11(7)3-5/h1-3,12H,4H2. The Bertz CT molecular complexity index is 412. The van der Waals surface area contributed by atoms with Crippen LogP contribution in [0.1, 0.15) is 5.82 Å². The first kappa shape index (κ1) is 7.89. The average molecular weight is 200 g/mol. The Kier molecular flexibility index (Phi) is 1.94. The second-order valence-corrected chi connectivity index (χ2v) is 3.09. The third-order valence-corrected chi connectivity index (χ3v) is 1.99. The fourth-order valence-electron chi connectivity index (χ4n) is 0.971. The molecule has 0 bridgehead atoms. The highest BCUT2D eigenvalue weighted by Crippen LogP contribution is 2.09. The lowest BCUT2D eigenvalue weighted by atomic mass is 10.5. The Labute approximate surface area is 79.8 Å². The molecule has 0 aliphatic carbocycles. The third kappa shape index (κ3) is 1.28. The molecular formula is C7H6ClN3S. The highest BCUT2D eigenvalue weighted by molar-refractivity contribution is 7.79. The first-order valence-corrected chi connectivity index (χ1v) is 4.42. The molecule has 2 rings (SSSR count). The summed E-state index contributed by atoms with van der Waals surface area (Å²) in [6.07, 6.45) is 1.72. The van der Waals surface area contributed by atoms with E-state index in [1.807, 2.05) is 6.07 Å². The van der Waals surface area contributed by atoms with Crippen molar-refractivity contribution < 1.29 is 0 Å². The zero-order valence-electron chi connectivity index (χ0n) is 6.11. The van der Waals surface area contributed by atoms with Gasteiger partial charge < -0.3 is 0 Å². The van der Waals surface area contributed by atoms with Crippen LogP contribution in [0, 0.1) is 0 Å². The van der Waals surface area contributed by atoms with Crippen LogP contribution in [0.4, 0.5) is 0 Å². The summed E-state index contributed by atoms with van der Waals surface area (Å²) in [5.74, 6) is 1.25. The van der Waals surface area contributed by atoms with Gasteiger partial charge in [0, 0.05) is 6.20 Å². The first-order valence-electron chi connectivity index (χ1n) is 3.41. The number of rotatable bonds is 1. The van der Waals surface area contributed by atoms with Crippen LogP contribution in [0.25, 0.3) is 5.65 Å². The van der Waals surface area contributed by atoms with E-state index in [4.69, 9.17) is 11.6 Å². The lowest BCUT2D eigenvalue weighted by molar-refractivity contribution is 0.925. The number of nitrogens with zero attached hydrogens (tertiary/aromatic N) is 3. The van der Waals surface area contributed by atoms with Gasteiger partial charge in [-0.25, -0.2) is 9.50 Å². The molecule has 0 aliphatic heterocycles. The second kappa shape index (κ2) is 2.95. The Balaban J connectivity index is 2.67. The van der Waals surface area contributed by atoms with E-state index in [0.717, 1.165) is 5.65 Å². The minimum absolute atomic E-state index is 0.541. The fourth-order valence-corrected chi connectivity index (χ4v) is 1.26. The summed E-state index contributed by atoms with van der Waals surface area (Å²) in [7, 11) is 0. The van der Waals surface area contributed by atoms with Crippen molar-refractivity contribution in [3.63, 3.8) is 0 Å². The summed E-state index contributed by atoms with van der Waals surface area (Å²) in [5.41, 5.74) is 0.795. The molecule has 0 saturated heterocycles. The maximum atomic E-state index is 5.76. The van der Waals surface area contributed by atoms with Gasteiger partial charge in [0.25, 0.3) is 0 Å². The van der Waals surface area contributed by atoms with Crippen molar-refractivity contribution >= 4 is 29.9 Å². The van der Waals surface area contributed by atoms with Crippen LogP contribution < -0.4 is 0 Å². The minimum Gasteiger partial charge on any atom is -0.219 e. The number of halogens is 1. The number of hydrogen-bond acceptors (Lipinski definition) is 3. The second-order valence-electron chi connectivity index (χ2n) is 2.34. The normalized spacial score (nSPS) is 10.8. The van der Waals surface area contributed by atoms with Gasteiger partial charge in [0.05, 0.1) is 10.8 Å². The zero-order valence-corrected chi connectivity index (χ0v) is 7.76. The average Bonchev–Trinajstić information content (AvgIpc) is 2.46. The van der Waals surface area contributed by atoms with Crippen molar-refractivity contribution in [2.45, 2.75) is 5.75 Å². The van der Waals surface area contributed by atoms with Crippen LogP contribution in [-0.2, 0) is 5.75 Å². The summed E-state index contributed by atoms with van der Waals surface area (Å²) in [6.45, 7) is 0. The zero-order chi connectivity index (χ0) is 8.55. The molecule has 0 radical (unpaired) electrons. The SMILES string of the molecule is SCc1nc2ccc(Cl)cn2n1. The number of thiol groups is 1. The lowest BCUT2D eigenvalue weighted by Gasteiger charge is -1.89. The van der Waals surface area contributed by atoms with Crippen LogP contribution in [0.2, 0.25) is 5.02 Å². The topological polar surface area (TPSA) is 30.2 Å². The molecule has 12 heavy (non-hydrogen) atoms. The predicted octanol–water partition coefficient (Wildman–Crippen LogP) is 1.81. The van der Waals surface area contributed by atoms with Gasteiger partial charge in [-0.3, -0.25) is 0 Å². The van der Waals surface area contributed by atoms with Crippen molar-refractivity contribution in [3.05, 3.63) is 29.2 Å². The monoisotopic (exact) mass is 199 g/mol. The van der Waals surface area contributed by atoms with Gasteiger partial charge >= 0.3 is 0 Å². The van der Waals surface area contributed by atoms with E-state index in [1.54, 1.807) is 16.8 Å². The van der Waals surface area contributed by atoms with Crippen LogP contribution in [0.5, 0.6) is 0 Å². The number of fused-ring (bicyclic) bond motifs is 1. The van der Waals surface area contributed by atoms with E-state index in [1.165, 1.54) is 0 Å². The van der Waals surface area contributed by atoms with E-state index >= 15 is 0 Å². The van der Waals surface area contributed by atoms with Gasteiger partial charge in [-0.1, -0.05) is 11.6 Å². The van der Waals surface area contributed by atoms with Gasteiger partial charge in [0.15, 0.2) is 11.5 Å². The molecule has 0 spiro atoms. The highest BCUT2D eigenvalue weighted by atomic mass is 35.5. The molecular weight excluding hydrogens is 194 g/mol. The molecule has 5 heteroatoms. The van der Waals surface area contributed by atoms with Gasteiger partial charge in [-0.15, -0.1) is 0 Å². The van der Waals surface area contributed by atoms with Crippen LogP contribution in [0.3, 0.4) is 0 Å². The molecule has 0 amide bonds. The minimum atomic E-state index is 0.541. The summed E-state index contributed by atoms with van der Waals surface area (Å²) in [4.78, 5) is 4.19. The van der Waals surface area contributed by atoms with Gasteiger partial charge in [0.1, 0.15) is 0 Å². The fraction of sp³-hybridized carbons (Fsp3) is 0.143. The Hall–Kier alpha value is -0.740. The molecule has 0 unspecified atom stereocenters. The molecule has 0 saturated carbocycles. The lowest BCUT2D eigenvalue weighted by Crippen LogP contribution is -1.86. The van der Waals surface area contributed by atoms with E-state index in [9.17, 15) is 0 Å². The van der Waals surface area contributed by atoms with Crippen molar-refractivity contribution in [1.82, 2.24) is 14.6 Å². The maximum Gasteiger partial charge on any atom is 0.161 e. The molecule has 0 aromatic carbocycles. The number of hydrogen-bond donors (Lipinski definition) is 1. The molecule has 0 fully saturated rings. The van der Waals surface area contributed by atoms with Crippen LogP contribution >= 0.6 is 24.2 Å². The van der Waals surface area contributed by atoms with Gasteiger partial charge in [-0.2, -0.15) is 17.7 Å². The van der Waals surface area contributed by atoms with E-state index < -0.39 is 0 Å². The molecule has 0 N–H and O–H groups in total. The molecule has 0 aliphatic rings. The summed E-state index contributed by atoms with van der Waals surface area (Å²) >= 11 is 9.84. The summed E-state index contributed by atoms with van der Waals surface area (Å²) in [5, 5.41) is 4.79. The molecule has 2 aromatic rings. The third-order valence-electron chi connectivity index (χ3n) is 1.48. The predicted molar refractivity (Wildman–Crippen MR) is 50.7 cm³/mol. The van der Waals surface area contributed by atoms with Crippen molar-refractivity contribution in [2.75, 3.05) is 0 Å². The van der Waals surface area contributed by atoms with Crippen LogP contribution in [-0.4, -0.2) is 14.6 Å². The molecule has 0 atom stereocenters. The van der Waals surface area contributed by atoms with Gasteiger partial charge in [0.2, 0.25) is 0 Å². The molecule has 2 aromatic heterocycles. The van der Waals surface area contributed by atoms with Crippen molar-refractivity contribution in [3.8, 4) is 0 Å². The van der Waals surface area contributed by atoms with E-state index in [2.05, 4.69) is 22.7 Å². The molecule has 62 valence electrons. The Morgan fingerprint density at radius 1 is 1.50 bits per heavy atom. The van der Waals surface area contributed by atoms with Crippen molar-refractivity contribution in [2.24, 2.45) is 0 Å².